The van der Waals surface area contributed by atoms with E-state index in [2.05, 4.69) is 15.4 Å². The Balaban J connectivity index is 1.67. The topological polar surface area (TPSA) is 103 Å². The molecule has 25 heavy (non-hydrogen) atoms. The first kappa shape index (κ1) is 16.3. The number of hydrogen-bond acceptors (Lipinski definition) is 5. The first-order valence-corrected chi connectivity index (χ1v) is 7.55. The van der Waals surface area contributed by atoms with Gasteiger partial charge in [0.2, 0.25) is 0 Å². The van der Waals surface area contributed by atoms with E-state index >= 15 is 0 Å². The molecule has 1 heterocycles. The van der Waals surface area contributed by atoms with Crippen molar-refractivity contribution in [3.63, 3.8) is 0 Å². The molecule has 3 aromatic rings. The largest absolute Gasteiger partial charge is 0.346 e. The van der Waals surface area contributed by atoms with Crippen molar-refractivity contribution in [2.75, 3.05) is 0 Å². The number of rotatable bonds is 5. The van der Waals surface area contributed by atoms with Crippen LogP contribution in [0.2, 0.25) is 0 Å². The van der Waals surface area contributed by atoms with E-state index in [-0.39, 0.29) is 17.6 Å². The Kier molecular flexibility index (Phi) is 4.51. The normalized spacial score (nSPS) is 11.7. The highest BCUT2D eigenvalue weighted by Crippen LogP contribution is 2.17. The second-order valence-corrected chi connectivity index (χ2v) is 5.43. The summed E-state index contributed by atoms with van der Waals surface area (Å²) in [7, 11) is 0. The summed E-state index contributed by atoms with van der Waals surface area (Å²) in [5.74, 6) is -0.289. The Morgan fingerprint density at radius 3 is 2.40 bits per heavy atom. The van der Waals surface area contributed by atoms with Gasteiger partial charge in [0.05, 0.1) is 16.7 Å². The zero-order valence-corrected chi connectivity index (χ0v) is 13.4. The Hall–Kier alpha value is -3.55. The summed E-state index contributed by atoms with van der Waals surface area (Å²) in [5.41, 5.74) is 2.12. The van der Waals surface area contributed by atoms with E-state index in [1.165, 1.54) is 30.6 Å². The van der Waals surface area contributed by atoms with Crippen LogP contribution in [0.1, 0.15) is 28.9 Å². The maximum Gasteiger partial charge on any atom is 0.269 e. The number of non-ortho nitro benzene ring substituents is 1. The zero-order chi connectivity index (χ0) is 17.8. The third-order valence-corrected chi connectivity index (χ3v) is 3.76. The highest BCUT2D eigenvalue weighted by atomic mass is 16.6. The maximum atomic E-state index is 12.3. The number of benzene rings is 2. The van der Waals surface area contributed by atoms with Crippen molar-refractivity contribution in [2.45, 2.75) is 13.0 Å². The van der Waals surface area contributed by atoms with Crippen LogP contribution in [0.25, 0.3) is 5.69 Å². The number of nitrogens with zero attached hydrogens (tertiary/aromatic N) is 4. The van der Waals surface area contributed by atoms with Gasteiger partial charge in [0, 0.05) is 17.7 Å². The molecule has 0 radical (unpaired) electrons. The molecule has 126 valence electrons. The summed E-state index contributed by atoms with van der Waals surface area (Å²) < 4.78 is 1.64. The van der Waals surface area contributed by atoms with Crippen molar-refractivity contribution >= 4 is 11.6 Å². The average molecular weight is 337 g/mol. The third kappa shape index (κ3) is 3.69. The minimum Gasteiger partial charge on any atom is -0.346 e. The summed E-state index contributed by atoms with van der Waals surface area (Å²) in [6, 6.07) is 12.9. The fourth-order valence-electron chi connectivity index (χ4n) is 2.36. The number of amides is 1. The molecule has 0 bridgehead atoms. The van der Waals surface area contributed by atoms with Crippen LogP contribution in [0.3, 0.4) is 0 Å². The molecular weight excluding hydrogens is 322 g/mol. The minimum absolute atomic E-state index is 0.0479. The van der Waals surface area contributed by atoms with Crippen molar-refractivity contribution in [1.29, 1.82) is 0 Å². The molecule has 3 rings (SSSR count). The van der Waals surface area contributed by atoms with Crippen molar-refractivity contribution in [3.8, 4) is 5.69 Å². The van der Waals surface area contributed by atoms with E-state index in [0.29, 0.717) is 5.56 Å². The SMILES string of the molecule is C[C@H](NC(=O)c1ccc([N+](=O)[O-])cc1)c1ccc(-n2cncn2)cc1. The fraction of sp³-hybridized carbons (Fsp3) is 0.118. The molecule has 2 aromatic carbocycles. The zero-order valence-electron chi connectivity index (χ0n) is 13.4. The summed E-state index contributed by atoms with van der Waals surface area (Å²) in [4.78, 5) is 26.3. The lowest BCUT2D eigenvalue weighted by Gasteiger charge is -2.15. The van der Waals surface area contributed by atoms with E-state index in [4.69, 9.17) is 0 Å². The number of nitro groups is 1. The molecule has 1 aromatic heterocycles. The molecular formula is C17H15N5O3. The molecule has 0 aliphatic heterocycles. The molecule has 0 unspecified atom stereocenters. The van der Waals surface area contributed by atoms with Gasteiger partial charge >= 0.3 is 0 Å². The molecule has 0 spiro atoms. The third-order valence-electron chi connectivity index (χ3n) is 3.76. The lowest BCUT2D eigenvalue weighted by atomic mass is 10.1. The lowest BCUT2D eigenvalue weighted by Crippen LogP contribution is -2.26. The van der Waals surface area contributed by atoms with Gasteiger partial charge in [-0.05, 0) is 36.8 Å². The molecule has 8 heteroatoms. The van der Waals surface area contributed by atoms with Crippen LogP contribution in [0.4, 0.5) is 5.69 Å². The highest BCUT2D eigenvalue weighted by molar-refractivity contribution is 5.94. The molecule has 0 saturated heterocycles. The average Bonchev–Trinajstić information content (AvgIpc) is 3.16. The van der Waals surface area contributed by atoms with Crippen molar-refractivity contribution < 1.29 is 9.72 Å². The number of nitro benzene ring substituents is 1. The van der Waals surface area contributed by atoms with E-state index in [9.17, 15) is 14.9 Å². The van der Waals surface area contributed by atoms with Crippen molar-refractivity contribution in [1.82, 2.24) is 20.1 Å². The summed E-state index contributed by atoms with van der Waals surface area (Å²) in [6.45, 7) is 1.87. The van der Waals surface area contributed by atoms with Gasteiger partial charge in [-0.1, -0.05) is 12.1 Å². The quantitative estimate of drug-likeness (QED) is 0.569. The van der Waals surface area contributed by atoms with Gasteiger partial charge in [-0.25, -0.2) is 9.67 Å². The molecule has 1 atom stereocenters. The maximum absolute atomic E-state index is 12.3. The molecule has 1 N–H and O–H groups in total. The van der Waals surface area contributed by atoms with E-state index in [1.807, 2.05) is 31.2 Å². The second kappa shape index (κ2) is 6.91. The van der Waals surface area contributed by atoms with E-state index in [1.54, 1.807) is 11.0 Å². The van der Waals surface area contributed by atoms with Gasteiger partial charge in [-0.2, -0.15) is 5.10 Å². The Morgan fingerprint density at radius 2 is 1.84 bits per heavy atom. The van der Waals surface area contributed by atoms with Crippen LogP contribution in [0, 0.1) is 10.1 Å². The van der Waals surface area contributed by atoms with Gasteiger partial charge in [-0.3, -0.25) is 14.9 Å². The van der Waals surface area contributed by atoms with Gasteiger partial charge < -0.3 is 5.32 Å². The Morgan fingerprint density at radius 1 is 1.16 bits per heavy atom. The van der Waals surface area contributed by atoms with E-state index in [0.717, 1.165) is 11.3 Å². The number of nitrogens with one attached hydrogen (secondary N) is 1. The van der Waals surface area contributed by atoms with Gasteiger partial charge in [0.25, 0.3) is 11.6 Å². The predicted octanol–water partition coefficient (Wildman–Crippen LogP) is 2.67. The molecule has 0 fully saturated rings. The van der Waals surface area contributed by atoms with Gasteiger partial charge in [-0.15, -0.1) is 0 Å². The minimum atomic E-state index is -0.499. The van der Waals surface area contributed by atoms with Crippen LogP contribution < -0.4 is 5.32 Å². The molecule has 0 saturated carbocycles. The van der Waals surface area contributed by atoms with Crippen LogP contribution in [0.15, 0.2) is 61.2 Å². The summed E-state index contributed by atoms with van der Waals surface area (Å²) >= 11 is 0. The summed E-state index contributed by atoms with van der Waals surface area (Å²) in [5, 5.41) is 17.6. The van der Waals surface area contributed by atoms with E-state index < -0.39 is 4.92 Å². The fourth-order valence-corrected chi connectivity index (χ4v) is 2.36. The van der Waals surface area contributed by atoms with Crippen molar-refractivity contribution in [2.24, 2.45) is 0 Å². The van der Waals surface area contributed by atoms with Gasteiger partial charge in [0.15, 0.2) is 0 Å². The molecule has 0 aliphatic rings. The number of aromatic nitrogens is 3. The first-order valence-electron chi connectivity index (χ1n) is 7.55. The van der Waals surface area contributed by atoms with Crippen LogP contribution in [0.5, 0.6) is 0 Å². The van der Waals surface area contributed by atoms with Crippen LogP contribution >= 0.6 is 0 Å². The molecule has 1 amide bonds. The Bertz CT molecular complexity index is 874. The summed E-state index contributed by atoms with van der Waals surface area (Å²) in [6.07, 6.45) is 3.07. The smallest absolute Gasteiger partial charge is 0.269 e. The second-order valence-electron chi connectivity index (χ2n) is 5.43. The number of carbonyl (C=O) groups is 1. The lowest BCUT2D eigenvalue weighted by molar-refractivity contribution is -0.384. The first-order chi connectivity index (χ1) is 12.0. The highest BCUT2D eigenvalue weighted by Gasteiger charge is 2.13. The Labute approximate surface area is 143 Å². The monoisotopic (exact) mass is 337 g/mol. The standard InChI is InChI=1S/C17H15N5O3/c1-12(13-2-6-15(7-3-13)21-11-18-10-19-21)20-17(23)14-4-8-16(9-5-14)22(24)25/h2-12H,1H3,(H,20,23)/t12-/m0/s1. The van der Waals surface area contributed by atoms with Crippen LogP contribution in [-0.2, 0) is 0 Å². The molecule has 8 nitrogen and oxygen atoms in total. The number of carbonyl (C=O) groups excluding carboxylic acids is 1. The predicted molar refractivity (Wildman–Crippen MR) is 90.3 cm³/mol. The number of hydrogen-bond donors (Lipinski definition) is 1. The van der Waals surface area contributed by atoms with Gasteiger partial charge in [0.1, 0.15) is 12.7 Å². The van der Waals surface area contributed by atoms with Crippen molar-refractivity contribution in [3.05, 3.63) is 82.4 Å². The molecule has 0 aliphatic carbocycles. The van der Waals surface area contributed by atoms with Crippen LogP contribution in [-0.4, -0.2) is 25.6 Å².